The van der Waals surface area contributed by atoms with Crippen molar-refractivity contribution in [1.29, 1.82) is 5.26 Å². The predicted molar refractivity (Wildman–Crippen MR) is 110 cm³/mol. The first kappa shape index (κ1) is 19.2. The molecule has 1 amide bonds. The molecular formula is C22H17FN6O. The summed E-state index contributed by atoms with van der Waals surface area (Å²) in [6.45, 7) is 3.23. The number of H-pyrrole nitrogens is 1. The molecular weight excluding hydrogens is 383 g/mol. The number of halogens is 1. The van der Waals surface area contributed by atoms with Gasteiger partial charge in [0.2, 0.25) is 5.95 Å². The van der Waals surface area contributed by atoms with E-state index in [0.717, 1.165) is 16.6 Å². The van der Waals surface area contributed by atoms with E-state index in [2.05, 4.69) is 25.3 Å². The Morgan fingerprint density at radius 1 is 1.17 bits per heavy atom. The first-order chi connectivity index (χ1) is 14.3. The van der Waals surface area contributed by atoms with Crippen molar-refractivity contribution in [2.75, 3.05) is 0 Å². The number of nitrogens with zero attached hydrogens (tertiary/aromatic N) is 4. The Morgan fingerprint density at radius 3 is 2.77 bits per heavy atom. The lowest BCUT2D eigenvalue weighted by molar-refractivity contribution is 0.0924. The van der Waals surface area contributed by atoms with Crippen LogP contribution in [0.1, 0.15) is 24.3 Å². The number of rotatable bonds is 4. The van der Waals surface area contributed by atoms with Crippen LogP contribution in [0.25, 0.3) is 33.5 Å². The second-order valence-electron chi connectivity index (χ2n) is 7.31. The molecule has 0 aliphatic rings. The van der Waals surface area contributed by atoms with Crippen LogP contribution in [0, 0.1) is 17.3 Å². The molecule has 0 spiro atoms. The lowest BCUT2D eigenvalue weighted by Gasteiger charge is -2.17. The van der Waals surface area contributed by atoms with Crippen LogP contribution < -0.4 is 5.32 Å². The van der Waals surface area contributed by atoms with Crippen LogP contribution in [-0.2, 0) is 0 Å². The fourth-order valence-electron chi connectivity index (χ4n) is 2.98. The largest absolute Gasteiger partial charge is 0.339 e. The van der Waals surface area contributed by atoms with Crippen molar-refractivity contribution in [2.24, 2.45) is 0 Å². The minimum Gasteiger partial charge on any atom is -0.339 e. The molecule has 0 fully saturated rings. The summed E-state index contributed by atoms with van der Waals surface area (Å²) in [5, 5.41) is 12.6. The quantitative estimate of drug-likeness (QED) is 0.506. The van der Waals surface area contributed by atoms with E-state index in [0.29, 0.717) is 16.9 Å². The molecule has 2 N–H and O–H groups in total. The van der Waals surface area contributed by atoms with Gasteiger partial charge in [0.05, 0.1) is 11.8 Å². The van der Waals surface area contributed by atoms with Crippen LogP contribution >= 0.6 is 0 Å². The average molecular weight is 400 g/mol. The second-order valence-corrected chi connectivity index (χ2v) is 7.31. The Labute approximate surface area is 171 Å². The Hall–Kier alpha value is -4.12. The van der Waals surface area contributed by atoms with Gasteiger partial charge in [-0.1, -0.05) is 6.07 Å². The number of carbonyl (C=O) groups excluding carboxylic acids is 1. The van der Waals surface area contributed by atoms with Crippen LogP contribution in [0.2, 0.25) is 0 Å². The zero-order chi connectivity index (χ0) is 21.3. The fourth-order valence-corrected chi connectivity index (χ4v) is 2.98. The molecule has 0 saturated heterocycles. The van der Waals surface area contributed by atoms with E-state index in [1.165, 1.54) is 12.3 Å². The van der Waals surface area contributed by atoms with Crippen LogP contribution in [-0.4, -0.2) is 31.4 Å². The summed E-state index contributed by atoms with van der Waals surface area (Å²) in [5.41, 5.74) is 2.54. The van der Waals surface area contributed by atoms with E-state index >= 15 is 0 Å². The number of aromatic amines is 1. The van der Waals surface area contributed by atoms with E-state index in [1.807, 2.05) is 18.2 Å². The summed E-state index contributed by atoms with van der Waals surface area (Å²) in [4.78, 5) is 28.0. The van der Waals surface area contributed by atoms with E-state index in [1.54, 1.807) is 44.3 Å². The molecule has 0 saturated carbocycles. The van der Waals surface area contributed by atoms with Crippen LogP contribution in [0.15, 0.2) is 54.9 Å². The molecule has 4 rings (SSSR count). The van der Waals surface area contributed by atoms with Crippen LogP contribution in [0.3, 0.4) is 0 Å². The highest BCUT2D eigenvalue weighted by Gasteiger charge is 2.21. The predicted octanol–water partition coefficient (Wildman–Crippen LogP) is 3.86. The van der Waals surface area contributed by atoms with Gasteiger partial charge in [0.15, 0.2) is 0 Å². The molecule has 148 valence electrons. The standard InChI is InChI=1S/C22H17FN6O/c1-22(2,12-24)29-21(30)17-5-3-4-16(27-17)15-8-14-9-18(28-20(14)26-11-15)13-6-7-25-19(23)10-13/h3-11H,1-2H3,(H,26,28)(H,29,30). The van der Waals surface area contributed by atoms with Crippen molar-refractivity contribution < 1.29 is 9.18 Å². The number of pyridine rings is 3. The number of amides is 1. The van der Waals surface area contributed by atoms with E-state index in [-0.39, 0.29) is 5.69 Å². The topological polar surface area (TPSA) is 107 Å². The Kier molecular flexibility index (Phi) is 4.72. The molecule has 0 bridgehead atoms. The maximum atomic E-state index is 13.4. The first-order valence-electron chi connectivity index (χ1n) is 9.16. The van der Waals surface area contributed by atoms with Crippen molar-refractivity contribution in [1.82, 2.24) is 25.3 Å². The number of nitrogens with one attached hydrogen (secondary N) is 2. The van der Waals surface area contributed by atoms with Gasteiger partial charge in [0.25, 0.3) is 5.91 Å². The minimum absolute atomic E-state index is 0.206. The fraction of sp³-hybridized carbons (Fsp3) is 0.136. The van der Waals surface area contributed by atoms with Gasteiger partial charge in [-0.3, -0.25) is 4.79 Å². The van der Waals surface area contributed by atoms with Crippen molar-refractivity contribution in [3.63, 3.8) is 0 Å². The van der Waals surface area contributed by atoms with Gasteiger partial charge >= 0.3 is 0 Å². The van der Waals surface area contributed by atoms with Gasteiger partial charge in [-0.25, -0.2) is 15.0 Å². The Balaban J connectivity index is 1.67. The average Bonchev–Trinajstić information content (AvgIpc) is 3.17. The summed E-state index contributed by atoms with van der Waals surface area (Å²) in [6.07, 6.45) is 3.06. The van der Waals surface area contributed by atoms with Gasteiger partial charge in [-0.2, -0.15) is 9.65 Å². The zero-order valence-electron chi connectivity index (χ0n) is 16.3. The summed E-state index contributed by atoms with van der Waals surface area (Å²) in [7, 11) is 0. The highest BCUT2D eigenvalue weighted by atomic mass is 19.1. The number of aromatic nitrogens is 4. The molecule has 30 heavy (non-hydrogen) atoms. The molecule has 4 aromatic heterocycles. The third-order valence-electron chi connectivity index (χ3n) is 4.49. The molecule has 0 aromatic carbocycles. The third-order valence-corrected chi connectivity index (χ3v) is 4.49. The van der Waals surface area contributed by atoms with Gasteiger partial charge in [-0.05, 0) is 44.2 Å². The summed E-state index contributed by atoms with van der Waals surface area (Å²) in [6, 6.07) is 13.9. The summed E-state index contributed by atoms with van der Waals surface area (Å²) >= 11 is 0. The number of hydrogen-bond acceptors (Lipinski definition) is 5. The molecule has 0 aliphatic heterocycles. The zero-order valence-corrected chi connectivity index (χ0v) is 16.3. The van der Waals surface area contributed by atoms with Crippen molar-refractivity contribution in [3.05, 3.63) is 66.5 Å². The number of carbonyl (C=O) groups is 1. The lowest BCUT2D eigenvalue weighted by Crippen LogP contribution is -2.42. The normalized spacial score (nSPS) is 11.3. The highest BCUT2D eigenvalue weighted by molar-refractivity contribution is 5.94. The minimum atomic E-state index is -0.997. The lowest BCUT2D eigenvalue weighted by atomic mass is 10.1. The molecule has 4 aromatic rings. The highest BCUT2D eigenvalue weighted by Crippen LogP contribution is 2.26. The van der Waals surface area contributed by atoms with Gasteiger partial charge in [0.1, 0.15) is 16.9 Å². The molecule has 0 aliphatic carbocycles. The molecule has 4 heterocycles. The summed E-state index contributed by atoms with van der Waals surface area (Å²) < 4.78 is 13.4. The monoisotopic (exact) mass is 400 g/mol. The van der Waals surface area contributed by atoms with Crippen molar-refractivity contribution in [2.45, 2.75) is 19.4 Å². The first-order valence-corrected chi connectivity index (χ1v) is 9.16. The number of hydrogen-bond donors (Lipinski definition) is 2. The molecule has 7 nitrogen and oxygen atoms in total. The van der Waals surface area contributed by atoms with Crippen LogP contribution in [0.5, 0.6) is 0 Å². The Morgan fingerprint density at radius 2 is 2.00 bits per heavy atom. The second kappa shape index (κ2) is 7.37. The maximum absolute atomic E-state index is 13.4. The van der Waals surface area contributed by atoms with E-state index in [9.17, 15) is 9.18 Å². The van der Waals surface area contributed by atoms with Crippen LogP contribution in [0.4, 0.5) is 4.39 Å². The Bertz CT molecular complexity index is 1300. The molecule has 0 atom stereocenters. The third kappa shape index (κ3) is 3.86. The summed E-state index contributed by atoms with van der Waals surface area (Å²) in [5.74, 6) is -0.986. The smallest absolute Gasteiger partial charge is 0.271 e. The van der Waals surface area contributed by atoms with Gasteiger partial charge < -0.3 is 10.3 Å². The van der Waals surface area contributed by atoms with Gasteiger partial charge in [0, 0.05) is 40.7 Å². The maximum Gasteiger partial charge on any atom is 0.271 e. The number of nitriles is 1. The SMILES string of the molecule is CC(C)(C#N)NC(=O)c1cccc(-c2cnc3[nH]c(-c4ccnc(F)c4)cc3c2)n1. The number of fused-ring (bicyclic) bond motifs is 1. The molecule has 8 heteroatoms. The van der Waals surface area contributed by atoms with E-state index < -0.39 is 17.4 Å². The van der Waals surface area contributed by atoms with Gasteiger partial charge in [-0.15, -0.1) is 0 Å². The van der Waals surface area contributed by atoms with E-state index in [4.69, 9.17) is 5.26 Å². The molecule has 0 radical (unpaired) electrons. The van der Waals surface area contributed by atoms with Crippen molar-refractivity contribution in [3.8, 4) is 28.6 Å². The molecule has 0 unspecified atom stereocenters. The van der Waals surface area contributed by atoms with Crippen molar-refractivity contribution >= 4 is 16.9 Å².